The molecule has 1 aromatic heterocycles. The maximum atomic E-state index is 13.8. The molecule has 10 heteroatoms. The molecule has 0 bridgehead atoms. The van der Waals surface area contributed by atoms with Crippen LogP contribution in [0.1, 0.15) is 33.6 Å². The highest BCUT2D eigenvalue weighted by Gasteiger charge is 2.69. The van der Waals surface area contributed by atoms with Crippen LogP contribution >= 0.6 is 0 Å². The number of aryl methyl sites for hydroxylation is 2. The number of carbonyl (C=O) groups is 5. The van der Waals surface area contributed by atoms with E-state index in [-0.39, 0.29) is 24.2 Å². The van der Waals surface area contributed by atoms with Crippen LogP contribution < -0.4 is 5.73 Å². The first-order chi connectivity index (χ1) is 18.0. The Hall–Kier alpha value is -3.76. The number of rotatable bonds is 5. The molecule has 3 aliphatic carbocycles. The van der Waals surface area contributed by atoms with Crippen LogP contribution in [-0.4, -0.2) is 74.9 Å². The molecule has 2 fully saturated rings. The lowest BCUT2D eigenvalue weighted by Crippen LogP contribution is -2.74. The van der Waals surface area contributed by atoms with Gasteiger partial charge in [-0.15, -0.1) is 0 Å². The van der Waals surface area contributed by atoms with Gasteiger partial charge >= 0.3 is 0 Å². The van der Waals surface area contributed by atoms with E-state index < -0.39 is 64.4 Å². The lowest BCUT2D eigenvalue weighted by atomic mass is 9.52. The molecular formula is C28H29N3O7. The average Bonchev–Trinajstić information content (AvgIpc) is 2.86. The summed E-state index contributed by atoms with van der Waals surface area (Å²) in [5.74, 6) is -10.4. The van der Waals surface area contributed by atoms with E-state index in [1.54, 1.807) is 26.4 Å². The van der Waals surface area contributed by atoms with Gasteiger partial charge in [0, 0.05) is 17.8 Å². The van der Waals surface area contributed by atoms with E-state index in [0.29, 0.717) is 18.4 Å². The van der Waals surface area contributed by atoms with Crippen LogP contribution in [0.25, 0.3) is 0 Å². The van der Waals surface area contributed by atoms with Crippen LogP contribution in [0.2, 0.25) is 0 Å². The fraction of sp³-hybridized carbons (Fsp3) is 0.429. The molecule has 1 heterocycles. The molecule has 0 radical (unpaired) electrons. The smallest absolute Gasteiger partial charge is 0.235 e. The van der Waals surface area contributed by atoms with Crippen LogP contribution in [0.15, 0.2) is 36.5 Å². The predicted octanol–water partition coefficient (Wildman–Crippen LogP) is 0.0472. The summed E-state index contributed by atoms with van der Waals surface area (Å²) in [7, 11) is 3.12. The summed E-state index contributed by atoms with van der Waals surface area (Å²) >= 11 is 0. The normalized spacial score (nSPS) is 30.6. The maximum absolute atomic E-state index is 13.8. The Morgan fingerprint density at radius 3 is 2.47 bits per heavy atom. The lowest BCUT2D eigenvalue weighted by molar-refractivity contribution is -0.181. The molecule has 2 unspecified atom stereocenters. The summed E-state index contributed by atoms with van der Waals surface area (Å²) < 4.78 is 0. The number of ketones is 4. The Kier molecular flexibility index (Phi) is 6.27. The molecule has 4 N–H and O–H groups in total. The van der Waals surface area contributed by atoms with E-state index in [1.165, 1.54) is 11.0 Å². The van der Waals surface area contributed by atoms with Crippen molar-refractivity contribution in [3.8, 4) is 5.75 Å². The van der Waals surface area contributed by atoms with Gasteiger partial charge < -0.3 is 15.9 Å². The minimum Gasteiger partial charge on any atom is -0.507 e. The molecule has 0 saturated heterocycles. The Morgan fingerprint density at radius 2 is 1.84 bits per heavy atom. The van der Waals surface area contributed by atoms with Crippen molar-refractivity contribution in [1.29, 1.82) is 0 Å². The van der Waals surface area contributed by atoms with E-state index in [4.69, 9.17) is 5.73 Å². The number of aromatic hydroxyl groups is 1. The van der Waals surface area contributed by atoms with Crippen molar-refractivity contribution in [2.24, 2.45) is 29.4 Å². The van der Waals surface area contributed by atoms with Crippen molar-refractivity contribution in [2.45, 2.75) is 37.3 Å². The van der Waals surface area contributed by atoms with Gasteiger partial charge in [0.1, 0.15) is 5.75 Å². The second-order valence-corrected chi connectivity index (χ2v) is 10.7. The van der Waals surface area contributed by atoms with Crippen LogP contribution in [0.5, 0.6) is 5.75 Å². The van der Waals surface area contributed by atoms with Gasteiger partial charge in [-0.3, -0.25) is 33.9 Å². The zero-order valence-electron chi connectivity index (χ0n) is 21.1. The third kappa shape index (κ3) is 3.70. The van der Waals surface area contributed by atoms with Gasteiger partial charge in [-0.1, -0.05) is 12.1 Å². The van der Waals surface area contributed by atoms with Gasteiger partial charge in [-0.05, 0) is 75.0 Å². The third-order valence-electron chi connectivity index (χ3n) is 8.42. The number of benzene rings is 1. The van der Waals surface area contributed by atoms with Crippen molar-refractivity contribution in [3.05, 3.63) is 58.9 Å². The van der Waals surface area contributed by atoms with Crippen LogP contribution in [0, 0.1) is 23.7 Å². The summed E-state index contributed by atoms with van der Waals surface area (Å²) in [6.07, 6.45) is 3.11. The number of carbonyl (C=O) groups excluding carboxylic acids is 5. The highest BCUT2D eigenvalue weighted by Crippen LogP contribution is 2.51. The Morgan fingerprint density at radius 1 is 1.11 bits per heavy atom. The standard InChI is InChI=1S/C28H29N3O7/c1-31(2)22-17-12-14-11-16-13(6-8-15-5-3-4-10-30-15)7-9-18(32)20(16)23(33)19(14)25(35)28(17,38)26(36)21(24(22)34)27(29)37/h3-5,7,9-10,14,17,19,21-22,32,38H,6,8,11-12H2,1-2H3,(H2,29,37)/t14-,17-,19?,21?,22-,28-/m0/s1. The van der Waals surface area contributed by atoms with Crippen LogP contribution in [-0.2, 0) is 38.4 Å². The molecule has 0 spiro atoms. The zero-order chi connectivity index (χ0) is 27.5. The first-order valence-corrected chi connectivity index (χ1v) is 12.6. The van der Waals surface area contributed by atoms with Crippen molar-refractivity contribution in [2.75, 3.05) is 14.1 Å². The molecular weight excluding hydrogens is 490 g/mol. The minimum absolute atomic E-state index is 0.00937. The molecule has 10 nitrogen and oxygen atoms in total. The molecule has 1 aromatic carbocycles. The number of likely N-dealkylation sites (N-methyl/N-ethyl adjacent to an activating group) is 1. The highest BCUT2D eigenvalue weighted by atomic mass is 16.3. The van der Waals surface area contributed by atoms with E-state index in [9.17, 15) is 34.2 Å². The van der Waals surface area contributed by atoms with Gasteiger partial charge in [-0.2, -0.15) is 0 Å². The maximum Gasteiger partial charge on any atom is 0.235 e. The van der Waals surface area contributed by atoms with Crippen LogP contribution in [0.4, 0.5) is 0 Å². The Balaban J connectivity index is 1.56. The fourth-order valence-corrected chi connectivity index (χ4v) is 6.71. The number of fused-ring (bicyclic) bond motifs is 3. The fourth-order valence-electron chi connectivity index (χ4n) is 6.71. The van der Waals surface area contributed by atoms with Gasteiger partial charge in [0.15, 0.2) is 34.7 Å². The van der Waals surface area contributed by atoms with Gasteiger partial charge in [0.25, 0.3) is 0 Å². The number of hydrogen-bond donors (Lipinski definition) is 3. The molecule has 38 heavy (non-hydrogen) atoms. The molecule has 3 aliphatic rings. The highest BCUT2D eigenvalue weighted by molar-refractivity contribution is 6.32. The van der Waals surface area contributed by atoms with Crippen molar-refractivity contribution >= 4 is 29.0 Å². The monoisotopic (exact) mass is 519 g/mol. The zero-order valence-corrected chi connectivity index (χ0v) is 21.1. The molecule has 2 aromatic rings. The molecule has 2 saturated carbocycles. The van der Waals surface area contributed by atoms with E-state index in [2.05, 4.69) is 4.98 Å². The lowest BCUT2D eigenvalue weighted by Gasteiger charge is -2.52. The van der Waals surface area contributed by atoms with Gasteiger partial charge in [0.05, 0.1) is 17.5 Å². The summed E-state index contributed by atoms with van der Waals surface area (Å²) in [6, 6.07) is 7.63. The number of aliphatic hydroxyl groups is 1. The number of nitrogens with two attached hydrogens (primary N) is 1. The van der Waals surface area contributed by atoms with E-state index in [1.807, 2.05) is 18.2 Å². The number of phenolic OH excluding ortho intramolecular Hbond substituents is 1. The topological polar surface area (TPSA) is 168 Å². The number of pyridine rings is 1. The summed E-state index contributed by atoms with van der Waals surface area (Å²) in [6.45, 7) is 0. The van der Waals surface area contributed by atoms with E-state index in [0.717, 1.165) is 11.3 Å². The first kappa shape index (κ1) is 25.9. The number of phenols is 1. The second kappa shape index (κ2) is 9.21. The average molecular weight is 520 g/mol. The molecule has 5 rings (SSSR count). The number of aromatic nitrogens is 1. The molecule has 198 valence electrons. The SMILES string of the molecule is CN(C)[C@@H]1C(=O)C(C(N)=O)C(=O)[C@@]2(O)C(=O)C3C(=O)c4c(O)ccc(CCc5ccccn5)c4C[C@H]3C[C@@H]12. The molecule has 0 aliphatic heterocycles. The van der Waals surface area contributed by atoms with Gasteiger partial charge in [-0.25, -0.2) is 0 Å². The number of hydrogen-bond acceptors (Lipinski definition) is 9. The van der Waals surface area contributed by atoms with Crippen molar-refractivity contribution < 1.29 is 34.2 Å². The summed E-state index contributed by atoms with van der Waals surface area (Å²) in [4.78, 5) is 71.9. The van der Waals surface area contributed by atoms with Crippen LogP contribution in [0.3, 0.4) is 0 Å². The number of Topliss-reactive ketones (excluding diaryl/α,β-unsaturated/α-hetero) is 4. The quantitative estimate of drug-likeness (QED) is 0.462. The summed E-state index contributed by atoms with van der Waals surface area (Å²) in [5.41, 5.74) is 4.95. The van der Waals surface area contributed by atoms with E-state index >= 15 is 0 Å². The second-order valence-electron chi connectivity index (χ2n) is 10.7. The number of nitrogens with zero attached hydrogens (tertiary/aromatic N) is 2. The third-order valence-corrected chi connectivity index (χ3v) is 8.42. The number of primary amides is 1. The van der Waals surface area contributed by atoms with Crippen molar-refractivity contribution in [1.82, 2.24) is 9.88 Å². The summed E-state index contributed by atoms with van der Waals surface area (Å²) in [5, 5.41) is 22.3. The largest absolute Gasteiger partial charge is 0.507 e. The molecule has 6 atom stereocenters. The Bertz CT molecular complexity index is 1370. The minimum atomic E-state index is -2.72. The van der Waals surface area contributed by atoms with Crippen molar-refractivity contribution in [3.63, 3.8) is 0 Å². The first-order valence-electron chi connectivity index (χ1n) is 12.6. The predicted molar refractivity (Wildman–Crippen MR) is 133 cm³/mol. The number of amides is 1. The van der Waals surface area contributed by atoms with Gasteiger partial charge in [0.2, 0.25) is 5.91 Å². The Labute approximate surface area is 218 Å². The molecule has 1 amide bonds.